The summed E-state index contributed by atoms with van der Waals surface area (Å²) in [5, 5.41) is 3.38. The van der Waals surface area contributed by atoms with Gasteiger partial charge >= 0.3 is 0 Å². The maximum absolute atomic E-state index is 12.7. The minimum absolute atomic E-state index is 0.0609. The number of anilines is 1. The maximum atomic E-state index is 12.7. The van der Waals surface area contributed by atoms with Gasteiger partial charge in [-0.2, -0.15) is 0 Å². The predicted molar refractivity (Wildman–Crippen MR) is 104 cm³/mol. The van der Waals surface area contributed by atoms with Crippen molar-refractivity contribution in [2.24, 2.45) is 0 Å². The van der Waals surface area contributed by atoms with E-state index in [-0.39, 0.29) is 18.1 Å². The number of benzene rings is 2. The van der Waals surface area contributed by atoms with Crippen LogP contribution in [0.25, 0.3) is 0 Å². The highest BCUT2D eigenvalue weighted by Gasteiger charge is 2.27. The first-order valence-electron chi connectivity index (χ1n) is 8.55. The van der Waals surface area contributed by atoms with E-state index in [2.05, 4.69) is 5.32 Å². The lowest BCUT2D eigenvalue weighted by Crippen LogP contribution is -2.38. The SMILES string of the molecule is O=C(CCS(=O)(=O)N1CCCc2ccccc21)NCc1ccc(Cl)cc1. The Bertz CT molecular complexity index is 882. The van der Waals surface area contributed by atoms with Crippen LogP contribution in [0, 0.1) is 0 Å². The van der Waals surface area contributed by atoms with Gasteiger partial charge < -0.3 is 5.32 Å². The lowest BCUT2D eigenvalue weighted by molar-refractivity contribution is -0.120. The van der Waals surface area contributed by atoms with Crippen molar-refractivity contribution < 1.29 is 13.2 Å². The van der Waals surface area contributed by atoms with Crippen molar-refractivity contribution in [2.75, 3.05) is 16.6 Å². The molecule has 2 aromatic carbocycles. The number of carbonyl (C=O) groups excluding carboxylic acids is 1. The summed E-state index contributed by atoms with van der Waals surface area (Å²) in [4.78, 5) is 12.0. The normalized spacial score (nSPS) is 14.0. The van der Waals surface area contributed by atoms with Gasteiger partial charge in [0.1, 0.15) is 0 Å². The van der Waals surface area contributed by atoms with Crippen LogP contribution in [0.1, 0.15) is 24.0 Å². The van der Waals surface area contributed by atoms with Crippen molar-refractivity contribution >= 4 is 33.2 Å². The van der Waals surface area contributed by atoms with Gasteiger partial charge in [0, 0.05) is 24.5 Å². The molecule has 0 unspecified atom stereocenters. The van der Waals surface area contributed by atoms with Gasteiger partial charge in [-0.25, -0.2) is 8.42 Å². The number of hydrogen-bond acceptors (Lipinski definition) is 3. The van der Waals surface area contributed by atoms with Gasteiger partial charge in [-0.15, -0.1) is 0 Å². The van der Waals surface area contributed by atoms with Crippen LogP contribution >= 0.6 is 11.6 Å². The standard InChI is InChI=1S/C19H21ClN2O3S/c20-17-9-7-15(8-10-17)14-21-19(23)11-13-26(24,25)22-12-3-5-16-4-1-2-6-18(16)22/h1-2,4,6-10H,3,5,11-14H2,(H,21,23). The molecule has 7 heteroatoms. The second-order valence-electron chi connectivity index (χ2n) is 6.27. The lowest BCUT2D eigenvalue weighted by Gasteiger charge is -2.30. The van der Waals surface area contributed by atoms with E-state index in [1.807, 2.05) is 36.4 Å². The number of hydrogen-bond donors (Lipinski definition) is 1. The van der Waals surface area contributed by atoms with E-state index < -0.39 is 10.0 Å². The number of carbonyl (C=O) groups is 1. The third-order valence-electron chi connectivity index (χ3n) is 4.39. The Labute approximate surface area is 159 Å². The Hall–Kier alpha value is -2.05. The first-order valence-corrected chi connectivity index (χ1v) is 10.5. The first-order chi connectivity index (χ1) is 12.5. The van der Waals surface area contributed by atoms with E-state index in [4.69, 9.17) is 11.6 Å². The highest BCUT2D eigenvalue weighted by molar-refractivity contribution is 7.92. The van der Waals surface area contributed by atoms with E-state index in [1.54, 1.807) is 12.1 Å². The van der Waals surface area contributed by atoms with Crippen LogP contribution < -0.4 is 9.62 Å². The zero-order valence-electron chi connectivity index (χ0n) is 14.3. The van der Waals surface area contributed by atoms with Crippen molar-refractivity contribution in [2.45, 2.75) is 25.8 Å². The number of aryl methyl sites for hydroxylation is 1. The van der Waals surface area contributed by atoms with E-state index in [0.29, 0.717) is 18.1 Å². The Kier molecular flexibility index (Phi) is 5.84. The van der Waals surface area contributed by atoms with Gasteiger partial charge in [-0.3, -0.25) is 9.10 Å². The molecule has 26 heavy (non-hydrogen) atoms. The minimum Gasteiger partial charge on any atom is -0.352 e. The number of para-hydroxylation sites is 1. The van der Waals surface area contributed by atoms with Gasteiger partial charge in [0.05, 0.1) is 11.4 Å². The fraction of sp³-hybridized carbons (Fsp3) is 0.316. The molecule has 0 saturated carbocycles. The summed E-state index contributed by atoms with van der Waals surface area (Å²) in [6, 6.07) is 14.7. The molecule has 1 amide bonds. The Morgan fingerprint density at radius 2 is 1.85 bits per heavy atom. The average Bonchev–Trinajstić information content (AvgIpc) is 2.65. The van der Waals surface area contributed by atoms with Gasteiger partial charge in [-0.05, 0) is 42.2 Å². The zero-order chi connectivity index (χ0) is 18.6. The number of amides is 1. The molecular formula is C19H21ClN2O3S. The van der Waals surface area contributed by atoms with Crippen molar-refractivity contribution in [3.8, 4) is 0 Å². The second kappa shape index (κ2) is 8.10. The van der Waals surface area contributed by atoms with Gasteiger partial charge in [-0.1, -0.05) is 41.9 Å². The molecule has 0 aromatic heterocycles. The third kappa shape index (κ3) is 4.56. The molecular weight excluding hydrogens is 372 g/mol. The molecule has 0 fully saturated rings. The van der Waals surface area contributed by atoms with E-state index >= 15 is 0 Å². The quantitative estimate of drug-likeness (QED) is 0.821. The monoisotopic (exact) mass is 392 g/mol. The van der Waals surface area contributed by atoms with E-state index in [0.717, 1.165) is 29.7 Å². The Morgan fingerprint density at radius 1 is 1.12 bits per heavy atom. The molecule has 0 spiro atoms. The number of halogens is 1. The summed E-state index contributed by atoms with van der Waals surface area (Å²) in [6.07, 6.45) is 1.61. The summed E-state index contributed by atoms with van der Waals surface area (Å²) in [6.45, 7) is 0.814. The van der Waals surface area contributed by atoms with Gasteiger partial charge in [0.25, 0.3) is 0 Å². The molecule has 0 radical (unpaired) electrons. The molecule has 5 nitrogen and oxygen atoms in total. The van der Waals surface area contributed by atoms with Crippen LogP contribution in [0.5, 0.6) is 0 Å². The first kappa shape index (κ1) is 18.7. The van der Waals surface area contributed by atoms with Gasteiger partial charge in [0.2, 0.25) is 15.9 Å². The smallest absolute Gasteiger partial charge is 0.235 e. The summed E-state index contributed by atoms with van der Waals surface area (Å²) < 4.78 is 26.8. The third-order valence-corrected chi connectivity index (χ3v) is 6.42. The van der Waals surface area contributed by atoms with Crippen LogP contribution in [0.3, 0.4) is 0 Å². The largest absolute Gasteiger partial charge is 0.352 e. The van der Waals surface area contributed by atoms with E-state index in [1.165, 1.54) is 4.31 Å². The van der Waals surface area contributed by atoms with Crippen molar-refractivity contribution in [3.63, 3.8) is 0 Å². The fourth-order valence-corrected chi connectivity index (χ4v) is 4.69. The molecule has 3 rings (SSSR count). The molecule has 2 aromatic rings. The number of nitrogens with one attached hydrogen (secondary N) is 1. The van der Waals surface area contributed by atoms with Crippen LogP contribution in [0.15, 0.2) is 48.5 Å². The molecule has 1 aliphatic rings. The highest BCUT2D eigenvalue weighted by atomic mass is 35.5. The van der Waals surface area contributed by atoms with Crippen LogP contribution in [0.2, 0.25) is 5.02 Å². The summed E-state index contributed by atoms with van der Waals surface area (Å²) in [7, 11) is -3.53. The number of sulfonamides is 1. The second-order valence-corrected chi connectivity index (χ2v) is 8.72. The summed E-state index contributed by atoms with van der Waals surface area (Å²) >= 11 is 5.83. The molecule has 138 valence electrons. The Balaban J connectivity index is 1.57. The number of nitrogens with zero attached hydrogens (tertiary/aromatic N) is 1. The molecule has 0 saturated heterocycles. The van der Waals surface area contributed by atoms with Gasteiger partial charge in [0.15, 0.2) is 0 Å². The summed E-state index contributed by atoms with van der Waals surface area (Å²) in [5.74, 6) is -0.484. The minimum atomic E-state index is -3.53. The Morgan fingerprint density at radius 3 is 2.62 bits per heavy atom. The van der Waals surface area contributed by atoms with Crippen LogP contribution in [0.4, 0.5) is 5.69 Å². The lowest BCUT2D eigenvalue weighted by atomic mass is 10.0. The molecule has 0 bridgehead atoms. The van der Waals surface area contributed by atoms with Crippen LogP contribution in [-0.4, -0.2) is 26.6 Å². The fourth-order valence-electron chi connectivity index (χ4n) is 3.01. The molecule has 1 N–H and O–H groups in total. The molecule has 1 heterocycles. The number of fused-ring (bicyclic) bond motifs is 1. The zero-order valence-corrected chi connectivity index (χ0v) is 15.9. The molecule has 0 aliphatic carbocycles. The van der Waals surface area contributed by atoms with Crippen molar-refractivity contribution in [1.29, 1.82) is 0 Å². The van der Waals surface area contributed by atoms with Crippen LogP contribution in [-0.2, 0) is 27.8 Å². The molecule has 0 atom stereocenters. The van der Waals surface area contributed by atoms with Crippen molar-refractivity contribution in [3.05, 3.63) is 64.7 Å². The highest BCUT2D eigenvalue weighted by Crippen LogP contribution is 2.29. The predicted octanol–water partition coefficient (Wildman–Crippen LogP) is 3.13. The van der Waals surface area contributed by atoms with E-state index in [9.17, 15) is 13.2 Å². The topological polar surface area (TPSA) is 66.5 Å². The summed E-state index contributed by atoms with van der Waals surface area (Å²) in [5.41, 5.74) is 2.69. The van der Waals surface area contributed by atoms with Crippen molar-refractivity contribution in [1.82, 2.24) is 5.32 Å². The number of rotatable bonds is 6. The maximum Gasteiger partial charge on any atom is 0.235 e. The molecule has 1 aliphatic heterocycles. The average molecular weight is 393 g/mol.